The van der Waals surface area contributed by atoms with Gasteiger partial charge in [-0.3, -0.25) is 4.99 Å². The van der Waals surface area contributed by atoms with E-state index in [-0.39, 0.29) is 11.9 Å². The van der Waals surface area contributed by atoms with Crippen LogP contribution in [0, 0.1) is 11.7 Å². The van der Waals surface area contributed by atoms with Crippen molar-refractivity contribution in [2.75, 3.05) is 13.1 Å². The van der Waals surface area contributed by atoms with Gasteiger partial charge in [0.15, 0.2) is 0 Å². The maximum Gasteiger partial charge on any atom is 0.149 e. The van der Waals surface area contributed by atoms with Crippen LogP contribution in [0.25, 0.3) is 16.6 Å². The molecule has 4 heteroatoms. The summed E-state index contributed by atoms with van der Waals surface area (Å²) in [4.78, 5) is 7.05. The van der Waals surface area contributed by atoms with Gasteiger partial charge in [0.05, 0.1) is 24.6 Å². The van der Waals surface area contributed by atoms with Gasteiger partial charge in [-0.1, -0.05) is 19.1 Å². The molecule has 0 N–H and O–H groups in total. The molecule has 2 atom stereocenters. The van der Waals surface area contributed by atoms with E-state index in [1.165, 1.54) is 23.4 Å². The minimum atomic E-state index is -0.111. The Morgan fingerprint density at radius 1 is 1.26 bits per heavy atom. The summed E-state index contributed by atoms with van der Waals surface area (Å²) >= 11 is 0. The fraction of sp³-hybridized carbons (Fsp3) is 0.421. The summed E-state index contributed by atoms with van der Waals surface area (Å²) in [6.45, 7) is 3.94. The average Bonchev–Trinajstić information content (AvgIpc) is 2.86. The van der Waals surface area contributed by atoms with Gasteiger partial charge >= 0.3 is 0 Å². The fourth-order valence-electron chi connectivity index (χ4n) is 4.48. The van der Waals surface area contributed by atoms with Gasteiger partial charge in [-0.15, -0.1) is 0 Å². The van der Waals surface area contributed by atoms with Crippen LogP contribution in [0.4, 0.5) is 4.39 Å². The molecule has 0 fully saturated rings. The molecule has 0 spiro atoms. The summed E-state index contributed by atoms with van der Waals surface area (Å²) in [5.41, 5.74) is 4.96. The first-order valence-electron chi connectivity index (χ1n) is 8.51. The lowest BCUT2D eigenvalue weighted by Crippen LogP contribution is -2.36. The second-order valence-electron chi connectivity index (χ2n) is 7.05. The summed E-state index contributed by atoms with van der Waals surface area (Å²) in [5, 5.41) is 0.740. The molecule has 1 aromatic carbocycles. The predicted octanol–water partition coefficient (Wildman–Crippen LogP) is 4.21. The molecule has 0 saturated carbocycles. The van der Waals surface area contributed by atoms with Crippen LogP contribution in [0.1, 0.15) is 37.8 Å². The van der Waals surface area contributed by atoms with Crippen LogP contribution >= 0.6 is 0 Å². The summed E-state index contributed by atoms with van der Waals surface area (Å²) in [6, 6.07) is 6.26. The number of rotatable bonds is 0. The molecule has 2 unspecified atom stereocenters. The number of fused-ring (bicyclic) bond motifs is 4. The molecule has 1 aliphatic carbocycles. The smallest absolute Gasteiger partial charge is 0.149 e. The minimum Gasteiger partial charge on any atom is -0.359 e. The van der Waals surface area contributed by atoms with E-state index >= 15 is 0 Å². The van der Waals surface area contributed by atoms with E-state index in [9.17, 15) is 4.39 Å². The van der Waals surface area contributed by atoms with Crippen molar-refractivity contribution in [1.82, 2.24) is 9.47 Å². The van der Waals surface area contributed by atoms with Gasteiger partial charge in [-0.2, -0.15) is 0 Å². The molecule has 2 aromatic rings. The second-order valence-corrected chi connectivity index (χ2v) is 7.05. The number of allylic oxidation sites excluding steroid dienone is 2. The van der Waals surface area contributed by atoms with Gasteiger partial charge in [0.2, 0.25) is 0 Å². The number of nitrogens with zero attached hydrogens (tertiary/aromatic N) is 3. The van der Waals surface area contributed by atoms with Crippen LogP contribution in [0.5, 0.6) is 0 Å². The highest BCUT2D eigenvalue weighted by Crippen LogP contribution is 2.44. The van der Waals surface area contributed by atoms with Crippen molar-refractivity contribution in [3.8, 4) is 0 Å². The van der Waals surface area contributed by atoms with E-state index in [1.807, 2.05) is 18.3 Å². The number of aromatic nitrogens is 1. The van der Waals surface area contributed by atoms with Crippen molar-refractivity contribution >= 4 is 22.8 Å². The summed E-state index contributed by atoms with van der Waals surface area (Å²) < 4.78 is 16.6. The number of hydrogen-bond acceptors (Lipinski definition) is 2. The monoisotopic (exact) mass is 309 g/mol. The van der Waals surface area contributed by atoms with Crippen molar-refractivity contribution in [2.45, 2.75) is 32.2 Å². The molecular weight excluding hydrogens is 289 g/mol. The first-order chi connectivity index (χ1) is 11.2. The van der Waals surface area contributed by atoms with E-state index in [0.29, 0.717) is 5.92 Å². The second kappa shape index (κ2) is 4.70. The molecule has 5 rings (SSSR count). The highest BCUT2D eigenvalue weighted by atomic mass is 19.1. The fourth-order valence-corrected chi connectivity index (χ4v) is 4.48. The van der Waals surface area contributed by atoms with Gasteiger partial charge in [0.1, 0.15) is 5.82 Å². The van der Waals surface area contributed by atoms with Crippen molar-refractivity contribution in [2.24, 2.45) is 10.9 Å². The van der Waals surface area contributed by atoms with Crippen molar-refractivity contribution in [3.05, 3.63) is 41.5 Å². The number of benzene rings is 1. The Morgan fingerprint density at radius 3 is 3.09 bits per heavy atom. The SMILES string of the molecule is CC1CCC2=C(C1)N1CC=NCC1c1cccc3c(F)cn2c13. The lowest BCUT2D eigenvalue weighted by atomic mass is 9.90. The Bertz CT molecular complexity index is 861. The normalized spacial score (nSPS) is 26.3. The van der Waals surface area contributed by atoms with Gasteiger partial charge in [0.25, 0.3) is 0 Å². The highest BCUT2D eigenvalue weighted by Gasteiger charge is 2.35. The Labute approximate surface area is 135 Å². The number of aliphatic imine (C=N–C) groups is 1. The quantitative estimate of drug-likeness (QED) is 0.714. The molecule has 0 bridgehead atoms. The molecule has 3 nitrogen and oxygen atoms in total. The van der Waals surface area contributed by atoms with Crippen LogP contribution in [0.2, 0.25) is 0 Å². The molecule has 0 amide bonds. The lowest BCUT2D eigenvalue weighted by Gasteiger charge is -2.38. The van der Waals surface area contributed by atoms with E-state index in [1.54, 1.807) is 6.20 Å². The Morgan fingerprint density at radius 2 is 2.17 bits per heavy atom. The molecule has 3 heterocycles. The molecule has 1 aromatic heterocycles. The maximum atomic E-state index is 14.5. The maximum absolute atomic E-state index is 14.5. The third-order valence-electron chi connectivity index (χ3n) is 5.62. The van der Waals surface area contributed by atoms with E-state index in [0.717, 1.165) is 36.8 Å². The average molecular weight is 309 g/mol. The zero-order chi connectivity index (χ0) is 15.6. The summed E-state index contributed by atoms with van der Waals surface area (Å²) in [5.74, 6) is 0.575. The van der Waals surface area contributed by atoms with Crippen LogP contribution in [-0.4, -0.2) is 28.8 Å². The Balaban J connectivity index is 1.86. The first kappa shape index (κ1) is 13.3. The van der Waals surface area contributed by atoms with Crippen molar-refractivity contribution < 1.29 is 4.39 Å². The molecule has 0 saturated heterocycles. The zero-order valence-electron chi connectivity index (χ0n) is 13.3. The predicted molar refractivity (Wildman–Crippen MR) is 90.9 cm³/mol. The number of para-hydroxylation sites is 1. The molecular formula is C19H20FN3. The first-order valence-corrected chi connectivity index (χ1v) is 8.51. The van der Waals surface area contributed by atoms with Crippen molar-refractivity contribution in [1.29, 1.82) is 0 Å². The Hall–Kier alpha value is -2.10. The molecule has 0 radical (unpaired) electrons. The van der Waals surface area contributed by atoms with Crippen LogP contribution < -0.4 is 0 Å². The third kappa shape index (κ3) is 1.78. The summed E-state index contributed by atoms with van der Waals surface area (Å²) in [6.07, 6.45) is 7.00. The molecule has 23 heavy (non-hydrogen) atoms. The van der Waals surface area contributed by atoms with E-state index in [2.05, 4.69) is 27.4 Å². The lowest BCUT2D eigenvalue weighted by molar-refractivity contribution is 0.262. The van der Waals surface area contributed by atoms with E-state index < -0.39 is 0 Å². The number of halogens is 1. The van der Waals surface area contributed by atoms with Gasteiger partial charge in [-0.25, -0.2) is 4.39 Å². The largest absolute Gasteiger partial charge is 0.359 e. The Kier molecular flexibility index (Phi) is 2.73. The zero-order valence-corrected chi connectivity index (χ0v) is 13.3. The third-order valence-corrected chi connectivity index (χ3v) is 5.62. The molecule has 3 aliphatic rings. The van der Waals surface area contributed by atoms with Crippen LogP contribution in [-0.2, 0) is 0 Å². The van der Waals surface area contributed by atoms with Gasteiger partial charge in [-0.05, 0) is 31.2 Å². The highest BCUT2D eigenvalue weighted by molar-refractivity contribution is 5.89. The van der Waals surface area contributed by atoms with Gasteiger partial charge < -0.3 is 9.47 Å². The van der Waals surface area contributed by atoms with E-state index in [4.69, 9.17) is 0 Å². The van der Waals surface area contributed by atoms with Crippen LogP contribution in [0.15, 0.2) is 35.1 Å². The number of hydrogen-bond donors (Lipinski definition) is 0. The summed E-state index contributed by atoms with van der Waals surface area (Å²) in [7, 11) is 0. The standard InChI is InChI=1S/C19H20FN3/c1-12-5-6-16-17(9-12)22-8-7-21-10-18(22)14-4-2-3-13-15(20)11-23(16)19(13)14/h2-4,7,11-12,18H,5-6,8-10H2,1H3. The molecule has 118 valence electrons. The van der Waals surface area contributed by atoms with Gasteiger partial charge in [0, 0.05) is 34.8 Å². The molecule has 2 aliphatic heterocycles. The van der Waals surface area contributed by atoms with Crippen molar-refractivity contribution in [3.63, 3.8) is 0 Å². The van der Waals surface area contributed by atoms with Crippen LogP contribution in [0.3, 0.4) is 0 Å². The topological polar surface area (TPSA) is 20.5 Å². The minimum absolute atomic E-state index is 0.111.